The van der Waals surface area contributed by atoms with Gasteiger partial charge in [-0.05, 0) is 43.4 Å². The lowest BCUT2D eigenvalue weighted by atomic mass is 9.94. The minimum atomic E-state index is 1.02. The van der Waals surface area contributed by atoms with Gasteiger partial charge in [-0.2, -0.15) is 0 Å². The van der Waals surface area contributed by atoms with Crippen LogP contribution in [0.4, 0.5) is 0 Å². The average Bonchev–Trinajstić information content (AvgIpc) is 2.56. The normalized spacial score (nSPS) is 13.1. The molecule has 0 aliphatic heterocycles. The van der Waals surface area contributed by atoms with Crippen LogP contribution in [-0.4, -0.2) is 6.21 Å². The molecule has 0 unspecified atom stereocenters. The number of rotatable bonds is 3. The number of nitrogens with one attached hydrogen (secondary N) is 1. The summed E-state index contributed by atoms with van der Waals surface area (Å²) in [5.74, 6) is 0. The van der Waals surface area contributed by atoms with Crippen LogP contribution in [0.3, 0.4) is 0 Å². The molecule has 1 aliphatic carbocycles. The lowest BCUT2D eigenvalue weighted by molar-refractivity contribution is 1.03. The monoisotopic (exact) mass is 283 g/mol. The molecule has 2 rings (SSSR count). The first-order chi connectivity index (χ1) is 10.3. The molecule has 1 N–H and O–H groups in total. The quantitative estimate of drug-likeness (QED) is 0.617. The highest BCUT2D eigenvalue weighted by Gasteiger charge is 2.03. The molecule has 1 aromatic rings. The van der Waals surface area contributed by atoms with Crippen LogP contribution < -0.4 is 0 Å². The lowest BCUT2D eigenvalue weighted by Crippen LogP contribution is -1.89. The summed E-state index contributed by atoms with van der Waals surface area (Å²) in [5.41, 5.74) is 4.24. The van der Waals surface area contributed by atoms with Crippen molar-refractivity contribution >= 4 is 11.8 Å². The first-order valence-corrected chi connectivity index (χ1v) is 7.86. The van der Waals surface area contributed by atoms with E-state index in [9.17, 15) is 0 Å². The van der Waals surface area contributed by atoms with Crippen LogP contribution >= 0.6 is 0 Å². The van der Waals surface area contributed by atoms with Crippen molar-refractivity contribution in [2.75, 3.05) is 0 Å². The van der Waals surface area contributed by atoms with Crippen molar-refractivity contribution in [3.8, 4) is 0 Å². The Morgan fingerprint density at radius 2 is 1.81 bits per heavy atom. The molecule has 0 aromatic heterocycles. The zero-order valence-electron chi connectivity index (χ0n) is 13.9. The Bertz CT molecular complexity index is 464. The predicted molar refractivity (Wildman–Crippen MR) is 97.0 cm³/mol. The summed E-state index contributed by atoms with van der Waals surface area (Å²) in [7, 11) is 0. The van der Waals surface area contributed by atoms with E-state index in [4.69, 9.17) is 5.41 Å². The molecule has 0 atom stereocenters. The van der Waals surface area contributed by atoms with Crippen LogP contribution in [0.5, 0.6) is 0 Å². The molecule has 1 nitrogen and oxygen atoms in total. The van der Waals surface area contributed by atoms with E-state index in [1.165, 1.54) is 35.8 Å². The number of benzene rings is 1. The minimum Gasteiger partial charge on any atom is -0.309 e. The highest BCUT2D eigenvalue weighted by atomic mass is 14.3. The summed E-state index contributed by atoms with van der Waals surface area (Å²) in [6.45, 7) is 8.21. The fraction of sp³-hybridized carbons (Fsp3) is 0.350. The molecule has 1 heteroatoms. The average molecular weight is 283 g/mol. The summed E-state index contributed by atoms with van der Waals surface area (Å²) in [6, 6.07) is 10.6. The molecule has 0 amide bonds. The van der Waals surface area contributed by atoms with Gasteiger partial charge >= 0.3 is 0 Å². The van der Waals surface area contributed by atoms with Crippen LogP contribution in [0.25, 0.3) is 5.57 Å². The molecule has 0 heterocycles. The molecule has 1 aliphatic rings. The highest BCUT2D eigenvalue weighted by Crippen LogP contribution is 2.25. The number of hydrogen-bond donors (Lipinski definition) is 1. The summed E-state index contributed by atoms with van der Waals surface area (Å²) in [5, 5.41) is 6.49. The molecule has 1 aromatic carbocycles. The predicted octanol–water partition coefficient (Wildman–Crippen LogP) is 6.44. The first-order valence-electron chi connectivity index (χ1n) is 7.86. The standard InChI is InChI=1S/C13H14.C5H9N.C2H6/c1-11-6-5-9-13(10-11)12-7-3-2-4-8-12;1-2-3-4-5-6;1-2/h2-4,6-8,10H,5,9H2,1H3;3-6H,2H2,1H3;1-2H3/b;4-3-,6-5?;. The first kappa shape index (κ1) is 19.1. The van der Waals surface area contributed by atoms with Gasteiger partial charge in [0.2, 0.25) is 0 Å². The molecule has 0 fully saturated rings. The van der Waals surface area contributed by atoms with Gasteiger partial charge in [0.25, 0.3) is 0 Å². The zero-order valence-corrected chi connectivity index (χ0v) is 13.9. The maximum atomic E-state index is 6.49. The van der Waals surface area contributed by atoms with Crippen molar-refractivity contribution in [3.63, 3.8) is 0 Å². The molecule has 0 radical (unpaired) electrons. The molecule has 0 bridgehead atoms. The van der Waals surface area contributed by atoms with Gasteiger partial charge in [0.15, 0.2) is 0 Å². The number of hydrogen-bond acceptors (Lipinski definition) is 1. The molecule has 114 valence electrons. The largest absolute Gasteiger partial charge is 0.309 e. The Kier molecular flexibility index (Phi) is 11.9. The maximum absolute atomic E-state index is 6.49. The van der Waals surface area contributed by atoms with Crippen molar-refractivity contribution in [2.24, 2.45) is 0 Å². The van der Waals surface area contributed by atoms with Crippen LogP contribution in [0.2, 0.25) is 0 Å². The fourth-order valence-electron chi connectivity index (χ4n) is 1.95. The third-order valence-corrected chi connectivity index (χ3v) is 2.89. The smallest absolute Gasteiger partial charge is 0.0174 e. The molecule has 21 heavy (non-hydrogen) atoms. The highest BCUT2D eigenvalue weighted by molar-refractivity contribution is 5.69. The minimum absolute atomic E-state index is 1.02. The zero-order chi connectivity index (χ0) is 15.9. The van der Waals surface area contributed by atoms with Gasteiger partial charge in [-0.1, -0.05) is 74.9 Å². The van der Waals surface area contributed by atoms with Crippen LogP contribution in [0, 0.1) is 5.41 Å². The van der Waals surface area contributed by atoms with E-state index >= 15 is 0 Å². The van der Waals surface area contributed by atoms with Gasteiger partial charge in [-0.15, -0.1) is 0 Å². The molecule has 0 spiro atoms. The molecule has 0 saturated carbocycles. The van der Waals surface area contributed by atoms with E-state index in [0.717, 1.165) is 6.42 Å². The second kappa shape index (κ2) is 13.1. The maximum Gasteiger partial charge on any atom is 0.0174 e. The van der Waals surface area contributed by atoms with Gasteiger partial charge in [0.1, 0.15) is 0 Å². The Balaban J connectivity index is 0.000000427. The third-order valence-electron chi connectivity index (χ3n) is 2.89. The van der Waals surface area contributed by atoms with Crippen molar-refractivity contribution in [1.82, 2.24) is 0 Å². The molecular weight excluding hydrogens is 254 g/mol. The van der Waals surface area contributed by atoms with E-state index in [0.29, 0.717) is 0 Å². The van der Waals surface area contributed by atoms with Crippen molar-refractivity contribution in [3.05, 3.63) is 65.8 Å². The summed E-state index contributed by atoms with van der Waals surface area (Å²) in [4.78, 5) is 0. The second-order valence-corrected chi connectivity index (χ2v) is 4.53. The summed E-state index contributed by atoms with van der Waals surface area (Å²) < 4.78 is 0. The molecular formula is C20H29N. The second-order valence-electron chi connectivity index (χ2n) is 4.53. The SMILES string of the molecule is CC.CC/C=C\C=N.CC1=CCCC(c2ccccc2)=C1. The van der Waals surface area contributed by atoms with Gasteiger partial charge < -0.3 is 5.41 Å². The van der Waals surface area contributed by atoms with E-state index in [-0.39, 0.29) is 0 Å². The lowest BCUT2D eigenvalue weighted by Gasteiger charge is -2.11. The topological polar surface area (TPSA) is 23.9 Å². The van der Waals surface area contributed by atoms with Gasteiger partial charge in [0.05, 0.1) is 0 Å². The van der Waals surface area contributed by atoms with Crippen LogP contribution in [0.15, 0.2) is 60.2 Å². The van der Waals surface area contributed by atoms with E-state index in [2.05, 4.69) is 49.4 Å². The Hall–Kier alpha value is -1.89. The summed E-state index contributed by atoms with van der Waals surface area (Å²) in [6.07, 6.45) is 12.9. The van der Waals surface area contributed by atoms with Crippen LogP contribution in [-0.2, 0) is 0 Å². The van der Waals surface area contributed by atoms with Gasteiger partial charge in [0, 0.05) is 6.21 Å². The fourth-order valence-corrected chi connectivity index (χ4v) is 1.95. The van der Waals surface area contributed by atoms with E-state index < -0.39 is 0 Å². The summed E-state index contributed by atoms with van der Waals surface area (Å²) >= 11 is 0. The number of allylic oxidation sites excluding steroid dienone is 6. The van der Waals surface area contributed by atoms with Gasteiger partial charge in [-0.25, -0.2) is 0 Å². The van der Waals surface area contributed by atoms with Crippen LogP contribution in [0.1, 0.15) is 52.5 Å². The van der Waals surface area contributed by atoms with Crippen molar-refractivity contribution < 1.29 is 0 Å². The van der Waals surface area contributed by atoms with E-state index in [1.807, 2.05) is 26.8 Å². The Morgan fingerprint density at radius 3 is 2.29 bits per heavy atom. The van der Waals surface area contributed by atoms with Crippen molar-refractivity contribution in [2.45, 2.75) is 47.0 Å². The van der Waals surface area contributed by atoms with Crippen molar-refractivity contribution in [1.29, 1.82) is 5.41 Å². The Morgan fingerprint density at radius 1 is 1.14 bits per heavy atom. The van der Waals surface area contributed by atoms with Gasteiger partial charge in [-0.3, -0.25) is 0 Å². The molecule has 0 saturated heterocycles. The third kappa shape index (κ3) is 8.80. The van der Waals surface area contributed by atoms with E-state index in [1.54, 1.807) is 6.08 Å². The Labute approximate surface area is 130 Å².